The summed E-state index contributed by atoms with van der Waals surface area (Å²) in [5, 5.41) is 1.38. The third-order valence-electron chi connectivity index (χ3n) is 5.90. The summed E-state index contributed by atoms with van der Waals surface area (Å²) in [4.78, 5) is 29.9. The molecule has 0 unspecified atom stereocenters. The summed E-state index contributed by atoms with van der Waals surface area (Å²) in [5.41, 5.74) is 3.72. The Labute approximate surface area is 198 Å². The zero-order valence-corrected chi connectivity index (χ0v) is 21.1. The van der Waals surface area contributed by atoms with Crippen LogP contribution in [0.3, 0.4) is 0 Å². The van der Waals surface area contributed by atoms with Gasteiger partial charge in [-0.3, -0.25) is 18.7 Å². The van der Waals surface area contributed by atoms with Gasteiger partial charge in [-0.15, -0.1) is 0 Å². The van der Waals surface area contributed by atoms with E-state index in [1.807, 2.05) is 52.4 Å². The molecule has 1 aromatic carbocycles. The van der Waals surface area contributed by atoms with Gasteiger partial charge >= 0.3 is 0 Å². The monoisotopic (exact) mass is 464 g/mol. The second-order valence-electron chi connectivity index (χ2n) is 9.02. The smallest absolute Gasteiger partial charge is 0.262 e. The summed E-state index contributed by atoms with van der Waals surface area (Å²) < 4.78 is 3.83. The van der Waals surface area contributed by atoms with E-state index in [9.17, 15) is 4.79 Å². The summed E-state index contributed by atoms with van der Waals surface area (Å²) in [6.07, 6.45) is 2.02. The second-order valence-corrected chi connectivity index (χ2v) is 9.97. The maximum absolute atomic E-state index is 13.4. The van der Waals surface area contributed by atoms with Crippen molar-refractivity contribution >= 4 is 28.4 Å². The average Bonchev–Trinajstić information content (AvgIpc) is 3.17. The fraction of sp³-hybridized carbons (Fsp3) is 0.440. The molecule has 4 aromatic rings. The van der Waals surface area contributed by atoms with E-state index < -0.39 is 0 Å². The highest BCUT2D eigenvalue weighted by Gasteiger charge is 2.17. The Kier molecular flexibility index (Phi) is 6.86. The molecule has 0 bridgehead atoms. The van der Waals surface area contributed by atoms with Crippen molar-refractivity contribution in [3.63, 3.8) is 0 Å². The average molecular weight is 465 g/mol. The molecule has 174 valence electrons. The molecule has 3 aromatic heterocycles. The Balaban J connectivity index is 1.66. The van der Waals surface area contributed by atoms with Gasteiger partial charge in [-0.05, 0) is 59.7 Å². The van der Waals surface area contributed by atoms with Crippen LogP contribution >= 0.6 is 11.8 Å². The maximum Gasteiger partial charge on any atom is 0.262 e. The molecular weight excluding hydrogens is 432 g/mol. The number of hydrogen-bond acceptors (Lipinski definition) is 6. The van der Waals surface area contributed by atoms with Crippen molar-refractivity contribution in [2.24, 2.45) is 0 Å². The molecule has 0 aliphatic rings. The van der Waals surface area contributed by atoms with Crippen LogP contribution in [0.5, 0.6) is 0 Å². The van der Waals surface area contributed by atoms with Crippen LogP contribution in [0, 0.1) is 13.8 Å². The van der Waals surface area contributed by atoms with Gasteiger partial charge in [-0.1, -0.05) is 23.9 Å². The third-order valence-corrected chi connectivity index (χ3v) is 6.91. The topological polar surface area (TPSA) is 68.3 Å². The van der Waals surface area contributed by atoms with Gasteiger partial charge in [0, 0.05) is 48.5 Å². The van der Waals surface area contributed by atoms with Crippen LogP contribution in [0.15, 0.2) is 46.5 Å². The zero-order chi connectivity index (χ0) is 23.7. The molecule has 0 radical (unpaired) electrons. The Morgan fingerprint density at radius 2 is 1.76 bits per heavy atom. The predicted octanol–water partition coefficient (Wildman–Crippen LogP) is 4.47. The van der Waals surface area contributed by atoms with Gasteiger partial charge < -0.3 is 0 Å². The largest absolute Gasteiger partial charge is 0.297 e. The Bertz CT molecular complexity index is 1330. The lowest BCUT2D eigenvalue weighted by atomic mass is 10.2. The number of hydrogen-bond donors (Lipinski definition) is 0. The van der Waals surface area contributed by atoms with Crippen molar-refractivity contribution < 1.29 is 0 Å². The van der Waals surface area contributed by atoms with E-state index in [-0.39, 0.29) is 5.56 Å². The first kappa shape index (κ1) is 23.4. The van der Waals surface area contributed by atoms with E-state index in [4.69, 9.17) is 9.97 Å². The summed E-state index contributed by atoms with van der Waals surface area (Å²) >= 11 is 1.55. The maximum atomic E-state index is 13.4. The molecule has 0 aliphatic carbocycles. The highest BCUT2D eigenvalue weighted by atomic mass is 32.2. The van der Waals surface area contributed by atoms with Crippen LogP contribution < -0.4 is 5.56 Å². The van der Waals surface area contributed by atoms with Gasteiger partial charge in [-0.25, -0.2) is 15.0 Å². The van der Waals surface area contributed by atoms with E-state index >= 15 is 0 Å². The highest BCUT2D eigenvalue weighted by Crippen LogP contribution is 2.23. The van der Waals surface area contributed by atoms with Crippen molar-refractivity contribution in [2.45, 2.75) is 71.1 Å². The molecule has 4 rings (SSSR count). The van der Waals surface area contributed by atoms with Crippen molar-refractivity contribution in [1.29, 1.82) is 0 Å². The van der Waals surface area contributed by atoms with Crippen LogP contribution in [-0.4, -0.2) is 47.4 Å². The lowest BCUT2D eigenvalue weighted by Crippen LogP contribution is -2.40. The SMILES string of the molecule is Cc1cc(C)n2cc(CSc3nc4ccccc4c(=O)n3CCN(C(C)C)C(C)C)nc2n1. The normalized spacial score (nSPS) is 12.2. The lowest BCUT2D eigenvalue weighted by Gasteiger charge is -2.30. The van der Waals surface area contributed by atoms with E-state index in [0.717, 1.165) is 34.3 Å². The predicted molar refractivity (Wildman–Crippen MR) is 135 cm³/mol. The molecule has 0 N–H and O–H groups in total. The van der Waals surface area contributed by atoms with E-state index in [2.05, 4.69) is 44.5 Å². The quantitative estimate of drug-likeness (QED) is 0.283. The van der Waals surface area contributed by atoms with Crippen molar-refractivity contribution in [1.82, 2.24) is 28.8 Å². The van der Waals surface area contributed by atoms with Gasteiger partial charge in [0.05, 0.1) is 16.6 Å². The Morgan fingerprint density at radius 1 is 1.03 bits per heavy atom. The van der Waals surface area contributed by atoms with E-state index in [1.165, 1.54) is 0 Å². The third kappa shape index (κ3) is 4.96. The van der Waals surface area contributed by atoms with Crippen LogP contribution in [0.1, 0.15) is 44.8 Å². The van der Waals surface area contributed by atoms with E-state index in [1.54, 1.807) is 11.8 Å². The second kappa shape index (κ2) is 9.65. The fourth-order valence-electron chi connectivity index (χ4n) is 4.31. The molecule has 0 atom stereocenters. The van der Waals surface area contributed by atoms with Gasteiger partial charge in [0.1, 0.15) is 0 Å². The minimum absolute atomic E-state index is 0.0127. The number of aromatic nitrogens is 5. The number of benzene rings is 1. The summed E-state index contributed by atoms with van der Waals surface area (Å²) in [5.74, 6) is 1.32. The van der Waals surface area contributed by atoms with Crippen LogP contribution in [0.25, 0.3) is 16.7 Å². The highest BCUT2D eigenvalue weighted by molar-refractivity contribution is 7.98. The van der Waals surface area contributed by atoms with Gasteiger partial charge in [0.25, 0.3) is 5.56 Å². The first-order valence-electron chi connectivity index (χ1n) is 11.4. The standard InChI is InChI=1S/C25H32N6OS/c1-16(2)29(17(3)4)11-12-30-23(32)21-9-7-8-10-22(21)28-25(30)33-15-20-14-31-19(6)13-18(5)26-24(31)27-20/h7-10,13-14,16-17H,11-12,15H2,1-6H3. The van der Waals surface area contributed by atoms with Crippen LogP contribution in [0.4, 0.5) is 0 Å². The van der Waals surface area contributed by atoms with Crippen LogP contribution in [-0.2, 0) is 12.3 Å². The van der Waals surface area contributed by atoms with E-state index in [0.29, 0.717) is 35.5 Å². The number of rotatable bonds is 8. The number of thioether (sulfide) groups is 1. The lowest BCUT2D eigenvalue weighted by molar-refractivity contribution is 0.166. The van der Waals surface area contributed by atoms with Crippen molar-refractivity contribution in [3.8, 4) is 0 Å². The molecule has 0 saturated heterocycles. The molecule has 0 amide bonds. The molecule has 7 nitrogen and oxygen atoms in total. The molecular formula is C25H32N6OS. The fourth-order valence-corrected chi connectivity index (χ4v) is 5.22. The number of aryl methyl sites for hydroxylation is 2. The van der Waals surface area contributed by atoms with Crippen molar-refractivity contribution in [2.75, 3.05) is 6.54 Å². The molecule has 3 heterocycles. The molecule has 0 fully saturated rings. The minimum atomic E-state index is 0.0127. The molecule has 0 spiro atoms. The number of imidazole rings is 1. The molecule has 33 heavy (non-hydrogen) atoms. The number of fused-ring (bicyclic) bond motifs is 2. The minimum Gasteiger partial charge on any atom is -0.297 e. The Hall–Kier alpha value is -2.71. The van der Waals surface area contributed by atoms with Crippen molar-refractivity contribution in [3.05, 3.63) is 64.0 Å². The first-order valence-corrected chi connectivity index (χ1v) is 12.4. The van der Waals surface area contributed by atoms with Gasteiger partial charge in [0.15, 0.2) is 5.16 Å². The van der Waals surface area contributed by atoms with Crippen LogP contribution in [0.2, 0.25) is 0 Å². The summed E-state index contributed by atoms with van der Waals surface area (Å²) in [6.45, 7) is 14.2. The summed E-state index contributed by atoms with van der Waals surface area (Å²) in [6, 6.07) is 10.4. The zero-order valence-electron chi connectivity index (χ0n) is 20.2. The molecule has 0 aliphatic heterocycles. The van der Waals surface area contributed by atoms with Gasteiger partial charge in [-0.2, -0.15) is 0 Å². The summed E-state index contributed by atoms with van der Waals surface area (Å²) in [7, 11) is 0. The number of nitrogens with zero attached hydrogens (tertiary/aromatic N) is 6. The number of para-hydroxylation sites is 1. The molecule has 0 saturated carbocycles. The van der Waals surface area contributed by atoms with Gasteiger partial charge in [0.2, 0.25) is 5.78 Å². The molecule has 8 heteroatoms. The first-order chi connectivity index (χ1) is 15.7. The Morgan fingerprint density at radius 3 is 2.48 bits per heavy atom.